The van der Waals surface area contributed by atoms with Gasteiger partial charge in [-0.3, -0.25) is 10.1 Å². The first kappa shape index (κ1) is 17.9. The first-order valence-corrected chi connectivity index (χ1v) is 9.58. The van der Waals surface area contributed by atoms with Gasteiger partial charge in [0, 0.05) is 39.9 Å². The summed E-state index contributed by atoms with van der Waals surface area (Å²) in [6, 6.07) is 7.10. The van der Waals surface area contributed by atoms with E-state index in [0.717, 1.165) is 10.4 Å². The van der Waals surface area contributed by atoms with Gasteiger partial charge in [0.2, 0.25) is 0 Å². The summed E-state index contributed by atoms with van der Waals surface area (Å²) >= 11 is 13.6. The molecule has 0 aliphatic heterocycles. The number of amides is 1. The molecule has 0 bridgehead atoms. The fourth-order valence-electron chi connectivity index (χ4n) is 2.74. The van der Waals surface area contributed by atoms with Gasteiger partial charge in [0.05, 0.1) is 5.69 Å². The summed E-state index contributed by atoms with van der Waals surface area (Å²) in [4.78, 5) is 22.2. The Bertz CT molecular complexity index is 1150. The molecule has 0 radical (unpaired) electrons. The Labute approximate surface area is 168 Å². The van der Waals surface area contributed by atoms with Crippen molar-refractivity contribution >= 4 is 51.2 Å². The standard InChI is InChI=1S/C18H13Cl2N5OS/c1-10-15(16-21-5-2-6-25(16)24-10)17(26)23-18-22-9-13(27-18)8-11-7-12(19)3-4-14(11)20/h2-7,9H,8H2,1H3,(H,22,23,26). The summed E-state index contributed by atoms with van der Waals surface area (Å²) in [6.45, 7) is 1.78. The second-order valence-electron chi connectivity index (χ2n) is 5.85. The Hall–Kier alpha value is -2.48. The van der Waals surface area contributed by atoms with Crippen molar-refractivity contribution in [3.05, 3.63) is 74.6 Å². The smallest absolute Gasteiger partial charge is 0.263 e. The quantitative estimate of drug-likeness (QED) is 0.524. The first-order chi connectivity index (χ1) is 13.0. The van der Waals surface area contributed by atoms with Crippen LogP contribution in [0.25, 0.3) is 5.65 Å². The SMILES string of the molecule is Cc1nn2cccnc2c1C(=O)Nc1ncc(Cc2cc(Cl)ccc2Cl)s1. The molecule has 0 atom stereocenters. The summed E-state index contributed by atoms with van der Waals surface area (Å²) in [7, 11) is 0. The van der Waals surface area contributed by atoms with E-state index in [1.54, 1.807) is 48.2 Å². The second kappa shape index (κ2) is 7.26. The Morgan fingerprint density at radius 1 is 1.30 bits per heavy atom. The normalized spacial score (nSPS) is 11.1. The molecule has 0 aliphatic carbocycles. The summed E-state index contributed by atoms with van der Waals surface area (Å²) < 4.78 is 1.58. The lowest BCUT2D eigenvalue weighted by Gasteiger charge is -2.03. The molecule has 0 unspecified atom stereocenters. The third-order valence-corrected chi connectivity index (χ3v) is 5.46. The van der Waals surface area contributed by atoms with E-state index in [2.05, 4.69) is 20.4 Å². The minimum Gasteiger partial charge on any atom is -0.298 e. The highest BCUT2D eigenvalue weighted by molar-refractivity contribution is 7.15. The lowest BCUT2D eigenvalue weighted by molar-refractivity contribution is 0.102. The second-order valence-corrected chi connectivity index (χ2v) is 7.81. The van der Waals surface area contributed by atoms with Gasteiger partial charge in [0.1, 0.15) is 5.56 Å². The molecule has 136 valence electrons. The maximum atomic E-state index is 12.7. The predicted octanol–water partition coefficient (Wildman–Crippen LogP) is 4.64. The largest absolute Gasteiger partial charge is 0.298 e. The topological polar surface area (TPSA) is 72.2 Å². The predicted molar refractivity (Wildman–Crippen MR) is 107 cm³/mol. The van der Waals surface area contributed by atoms with Gasteiger partial charge >= 0.3 is 0 Å². The van der Waals surface area contributed by atoms with Crippen LogP contribution < -0.4 is 5.32 Å². The maximum Gasteiger partial charge on any atom is 0.263 e. The van der Waals surface area contributed by atoms with E-state index in [4.69, 9.17) is 23.2 Å². The number of hydrogen-bond donors (Lipinski definition) is 1. The van der Waals surface area contributed by atoms with Crippen molar-refractivity contribution in [2.75, 3.05) is 5.32 Å². The Morgan fingerprint density at radius 2 is 2.15 bits per heavy atom. The molecule has 3 heterocycles. The number of carbonyl (C=O) groups is 1. The number of anilines is 1. The van der Waals surface area contributed by atoms with Crippen LogP contribution in [0.3, 0.4) is 0 Å². The van der Waals surface area contributed by atoms with Crippen LogP contribution in [0.15, 0.2) is 42.9 Å². The van der Waals surface area contributed by atoms with Crippen molar-refractivity contribution < 1.29 is 4.79 Å². The van der Waals surface area contributed by atoms with Crippen LogP contribution in [0, 0.1) is 6.92 Å². The number of nitrogens with one attached hydrogen (secondary N) is 1. The van der Waals surface area contributed by atoms with Gasteiger partial charge in [0.25, 0.3) is 5.91 Å². The minimum absolute atomic E-state index is 0.289. The van der Waals surface area contributed by atoms with Crippen molar-refractivity contribution in [2.24, 2.45) is 0 Å². The van der Waals surface area contributed by atoms with Gasteiger partial charge in [-0.25, -0.2) is 14.5 Å². The lowest BCUT2D eigenvalue weighted by atomic mass is 10.1. The van der Waals surface area contributed by atoms with Gasteiger partial charge in [-0.05, 0) is 36.8 Å². The molecule has 1 amide bonds. The van der Waals surface area contributed by atoms with E-state index in [9.17, 15) is 4.79 Å². The molecule has 4 rings (SSSR count). The highest BCUT2D eigenvalue weighted by Gasteiger charge is 2.19. The number of fused-ring (bicyclic) bond motifs is 1. The lowest BCUT2D eigenvalue weighted by Crippen LogP contribution is -2.13. The fraction of sp³-hybridized carbons (Fsp3) is 0.111. The van der Waals surface area contributed by atoms with Crippen molar-refractivity contribution in [1.82, 2.24) is 19.6 Å². The zero-order valence-corrected chi connectivity index (χ0v) is 16.4. The van der Waals surface area contributed by atoms with Crippen LogP contribution >= 0.6 is 34.5 Å². The maximum absolute atomic E-state index is 12.7. The summed E-state index contributed by atoms with van der Waals surface area (Å²) in [6.07, 6.45) is 5.69. The molecule has 0 spiro atoms. The molecule has 3 aromatic heterocycles. The van der Waals surface area contributed by atoms with Crippen molar-refractivity contribution in [1.29, 1.82) is 0 Å². The number of hydrogen-bond acceptors (Lipinski definition) is 5. The molecule has 0 fully saturated rings. The molecule has 0 aliphatic rings. The van der Waals surface area contributed by atoms with E-state index in [1.165, 1.54) is 11.3 Å². The Morgan fingerprint density at radius 3 is 3.00 bits per heavy atom. The highest BCUT2D eigenvalue weighted by Crippen LogP contribution is 2.27. The summed E-state index contributed by atoms with van der Waals surface area (Å²) in [5.41, 5.74) is 2.46. The van der Waals surface area contributed by atoms with Crippen molar-refractivity contribution in [2.45, 2.75) is 13.3 Å². The third kappa shape index (κ3) is 3.66. The zero-order chi connectivity index (χ0) is 19.0. The van der Waals surface area contributed by atoms with Crippen LogP contribution in [-0.2, 0) is 6.42 Å². The molecule has 0 saturated carbocycles. The average Bonchev–Trinajstić information content (AvgIpc) is 3.21. The van der Waals surface area contributed by atoms with Gasteiger partial charge in [-0.1, -0.05) is 23.2 Å². The number of aryl methyl sites for hydroxylation is 1. The number of aromatic nitrogens is 4. The molecule has 0 saturated heterocycles. The van der Waals surface area contributed by atoms with Crippen LogP contribution in [0.4, 0.5) is 5.13 Å². The highest BCUT2D eigenvalue weighted by atomic mass is 35.5. The number of benzene rings is 1. The molecule has 1 aromatic carbocycles. The van der Waals surface area contributed by atoms with E-state index in [-0.39, 0.29) is 5.91 Å². The average molecular weight is 418 g/mol. The van der Waals surface area contributed by atoms with E-state index in [0.29, 0.717) is 38.5 Å². The molecular weight excluding hydrogens is 405 g/mol. The Kier molecular flexibility index (Phi) is 4.82. The van der Waals surface area contributed by atoms with Gasteiger partial charge in [-0.2, -0.15) is 5.10 Å². The van der Waals surface area contributed by atoms with Gasteiger partial charge in [-0.15, -0.1) is 11.3 Å². The first-order valence-electron chi connectivity index (χ1n) is 8.01. The Balaban J connectivity index is 1.54. The monoisotopic (exact) mass is 417 g/mol. The van der Waals surface area contributed by atoms with Crippen LogP contribution in [0.1, 0.15) is 26.5 Å². The number of halogens is 2. The molecular formula is C18H13Cl2N5OS. The van der Waals surface area contributed by atoms with E-state index >= 15 is 0 Å². The van der Waals surface area contributed by atoms with Crippen LogP contribution in [-0.4, -0.2) is 25.5 Å². The molecule has 9 heteroatoms. The summed E-state index contributed by atoms with van der Waals surface area (Å²) in [5.74, 6) is -0.289. The molecule has 27 heavy (non-hydrogen) atoms. The molecule has 4 aromatic rings. The van der Waals surface area contributed by atoms with Gasteiger partial charge < -0.3 is 0 Å². The molecule has 1 N–H and O–H groups in total. The third-order valence-electron chi connectivity index (χ3n) is 3.94. The number of carbonyl (C=O) groups excluding carboxylic acids is 1. The number of rotatable bonds is 4. The van der Waals surface area contributed by atoms with Crippen LogP contribution in [0.2, 0.25) is 10.0 Å². The number of nitrogens with zero attached hydrogens (tertiary/aromatic N) is 4. The minimum atomic E-state index is -0.289. The van der Waals surface area contributed by atoms with E-state index < -0.39 is 0 Å². The number of thiazole rings is 1. The fourth-order valence-corrected chi connectivity index (χ4v) is 3.95. The van der Waals surface area contributed by atoms with E-state index in [1.807, 2.05) is 6.07 Å². The van der Waals surface area contributed by atoms with Crippen molar-refractivity contribution in [3.8, 4) is 0 Å². The zero-order valence-electron chi connectivity index (χ0n) is 14.1. The van der Waals surface area contributed by atoms with Gasteiger partial charge in [0.15, 0.2) is 10.8 Å². The summed E-state index contributed by atoms with van der Waals surface area (Å²) in [5, 5.41) is 8.91. The molecule has 6 nitrogen and oxygen atoms in total. The van der Waals surface area contributed by atoms with Crippen molar-refractivity contribution in [3.63, 3.8) is 0 Å². The van der Waals surface area contributed by atoms with Crippen LogP contribution in [0.5, 0.6) is 0 Å².